The van der Waals surface area contributed by atoms with Gasteiger partial charge in [0.1, 0.15) is 0 Å². The van der Waals surface area contributed by atoms with Gasteiger partial charge in [0, 0.05) is 25.3 Å². The second-order valence-corrected chi connectivity index (χ2v) is 3.56. The maximum Gasteiger partial charge on any atom is 0.0584 e. The first-order valence-corrected chi connectivity index (χ1v) is 5.03. The third kappa shape index (κ3) is 2.56. The van der Waals surface area contributed by atoms with Crippen LogP contribution < -0.4 is 5.32 Å². The first-order valence-electron chi connectivity index (χ1n) is 5.03. The normalized spacial score (nSPS) is 15.4. The Kier molecular flexibility index (Phi) is 4.10. The number of aliphatic hydroxyl groups is 1. The van der Waals surface area contributed by atoms with Gasteiger partial charge in [0.2, 0.25) is 0 Å². The van der Waals surface area contributed by atoms with Crippen LogP contribution in [0.15, 0.2) is 12.3 Å². The van der Waals surface area contributed by atoms with E-state index in [0.29, 0.717) is 0 Å². The Morgan fingerprint density at radius 3 is 2.79 bits per heavy atom. The van der Waals surface area contributed by atoms with Crippen LogP contribution in [0.4, 0.5) is 0 Å². The van der Waals surface area contributed by atoms with E-state index in [9.17, 15) is 0 Å². The molecule has 0 radical (unpaired) electrons. The zero-order chi connectivity index (χ0) is 10.6. The lowest BCUT2D eigenvalue weighted by Gasteiger charge is -2.20. The van der Waals surface area contributed by atoms with E-state index in [1.165, 1.54) is 0 Å². The van der Waals surface area contributed by atoms with Gasteiger partial charge >= 0.3 is 0 Å². The standard InChI is InChI=1S/C10H19N3O/c1-4-9(7-14)12-8(2)10-5-6-11-13(10)3/h5-6,8-9,12,14H,4,7H2,1-3H3/t8?,9-/m0/s1. The second kappa shape index (κ2) is 5.12. The molecule has 0 spiro atoms. The Bertz CT molecular complexity index is 268. The van der Waals surface area contributed by atoms with Crippen LogP contribution in [0.25, 0.3) is 0 Å². The van der Waals surface area contributed by atoms with Gasteiger partial charge in [-0.05, 0) is 19.4 Å². The Balaban J connectivity index is 2.58. The first-order chi connectivity index (χ1) is 6.69. The molecule has 0 aromatic carbocycles. The van der Waals surface area contributed by atoms with Crippen LogP contribution >= 0.6 is 0 Å². The van der Waals surface area contributed by atoms with Crippen LogP contribution in [0.5, 0.6) is 0 Å². The number of aryl methyl sites for hydroxylation is 1. The molecule has 2 N–H and O–H groups in total. The summed E-state index contributed by atoms with van der Waals surface area (Å²) in [5, 5.41) is 16.5. The van der Waals surface area contributed by atoms with Crippen molar-refractivity contribution in [3.05, 3.63) is 18.0 Å². The van der Waals surface area contributed by atoms with Crippen LogP contribution in [0.1, 0.15) is 32.0 Å². The van der Waals surface area contributed by atoms with E-state index in [2.05, 4.69) is 24.3 Å². The topological polar surface area (TPSA) is 50.1 Å². The summed E-state index contributed by atoms with van der Waals surface area (Å²) in [6.07, 6.45) is 2.71. The molecule has 0 aliphatic heterocycles. The minimum Gasteiger partial charge on any atom is -0.395 e. The van der Waals surface area contributed by atoms with Crippen molar-refractivity contribution in [2.24, 2.45) is 7.05 Å². The van der Waals surface area contributed by atoms with Crippen LogP contribution in [0.3, 0.4) is 0 Å². The number of nitrogens with one attached hydrogen (secondary N) is 1. The van der Waals surface area contributed by atoms with E-state index in [1.54, 1.807) is 6.20 Å². The van der Waals surface area contributed by atoms with Crippen LogP contribution in [0.2, 0.25) is 0 Å². The van der Waals surface area contributed by atoms with E-state index in [4.69, 9.17) is 5.11 Å². The zero-order valence-corrected chi connectivity index (χ0v) is 9.07. The fourth-order valence-electron chi connectivity index (χ4n) is 1.55. The zero-order valence-electron chi connectivity index (χ0n) is 9.07. The largest absolute Gasteiger partial charge is 0.395 e. The molecule has 4 heteroatoms. The molecule has 1 aromatic rings. The average Bonchev–Trinajstić information content (AvgIpc) is 2.60. The van der Waals surface area contributed by atoms with E-state index in [-0.39, 0.29) is 18.7 Å². The maximum absolute atomic E-state index is 9.06. The highest BCUT2D eigenvalue weighted by atomic mass is 16.3. The van der Waals surface area contributed by atoms with Gasteiger partial charge < -0.3 is 10.4 Å². The predicted octanol–water partition coefficient (Wildman–Crippen LogP) is 0.842. The molecule has 14 heavy (non-hydrogen) atoms. The number of hydrogen-bond acceptors (Lipinski definition) is 3. The highest BCUT2D eigenvalue weighted by Crippen LogP contribution is 2.11. The lowest BCUT2D eigenvalue weighted by atomic mass is 10.1. The lowest BCUT2D eigenvalue weighted by Crippen LogP contribution is -2.34. The van der Waals surface area contributed by atoms with Gasteiger partial charge in [-0.1, -0.05) is 6.92 Å². The van der Waals surface area contributed by atoms with E-state index >= 15 is 0 Å². The molecule has 0 aliphatic carbocycles. The SMILES string of the molecule is CC[C@@H](CO)NC(C)c1ccnn1C. The van der Waals surface area contributed by atoms with Gasteiger partial charge in [-0.15, -0.1) is 0 Å². The van der Waals surface area contributed by atoms with Gasteiger partial charge in [0.15, 0.2) is 0 Å². The summed E-state index contributed by atoms with van der Waals surface area (Å²) >= 11 is 0. The van der Waals surface area contributed by atoms with Crippen LogP contribution in [-0.4, -0.2) is 27.5 Å². The summed E-state index contributed by atoms with van der Waals surface area (Å²) in [6.45, 7) is 4.32. The minimum atomic E-state index is 0.167. The molecule has 1 rings (SSSR count). The van der Waals surface area contributed by atoms with Crippen molar-refractivity contribution in [1.82, 2.24) is 15.1 Å². The highest BCUT2D eigenvalue weighted by molar-refractivity contribution is 5.05. The summed E-state index contributed by atoms with van der Waals surface area (Å²) in [4.78, 5) is 0. The van der Waals surface area contributed by atoms with Crippen molar-refractivity contribution in [3.8, 4) is 0 Å². The van der Waals surface area contributed by atoms with Gasteiger partial charge in [-0.25, -0.2) is 0 Å². The van der Waals surface area contributed by atoms with Crippen molar-refractivity contribution >= 4 is 0 Å². The van der Waals surface area contributed by atoms with Crippen LogP contribution in [0, 0.1) is 0 Å². The molecule has 0 aliphatic rings. The predicted molar refractivity (Wildman–Crippen MR) is 55.9 cm³/mol. The molecule has 1 heterocycles. The first kappa shape index (κ1) is 11.2. The molecule has 1 aromatic heterocycles. The summed E-state index contributed by atoms with van der Waals surface area (Å²) in [5.41, 5.74) is 1.14. The number of nitrogens with zero attached hydrogens (tertiary/aromatic N) is 2. The van der Waals surface area contributed by atoms with E-state index in [1.807, 2.05) is 17.8 Å². The molecular formula is C10H19N3O. The Morgan fingerprint density at radius 2 is 2.36 bits per heavy atom. The molecule has 1 unspecified atom stereocenters. The van der Waals surface area contributed by atoms with Crippen molar-refractivity contribution in [3.63, 3.8) is 0 Å². The molecule has 80 valence electrons. The van der Waals surface area contributed by atoms with Crippen molar-refractivity contribution < 1.29 is 5.11 Å². The van der Waals surface area contributed by atoms with Crippen molar-refractivity contribution in [2.45, 2.75) is 32.4 Å². The second-order valence-electron chi connectivity index (χ2n) is 3.56. The van der Waals surface area contributed by atoms with Gasteiger partial charge in [0.05, 0.1) is 12.3 Å². The fourth-order valence-corrected chi connectivity index (χ4v) is 1.55. The molecule has 2 atom stereocenters. The fraction of sp³-hybridized carbons (Fsp3) is 0.700. The molecule has 0 amide bonds. The Morgan fingerprint density at radius 1 is 1.64 bits per heavy atom. The van der Waals surface area contributed by atoms with E-state index in [0.717, 1.165) is 12.1 Å². The van der Waals surface area contributed by atoms with Gasteiger partial charge in [0.25, 0.3) is 0 Å². The van der Waals surface area contributed by atoms with E-state index < -0.39 is 0 Å². The number of aromatic nitrogens is 2. The summed E-state index contributed by atoms with van der Waals surface area (Å²) in [5.74, 6) is 0. The van der Waals surface area contributed by atoms with Crippen molar-refractivity contribution in [1.29, 1.82) is 0 Å². The molecule has 0 saturated heterocycles. The van der Waals surface area contributed by atoms with Gasteiger partial charge in [-0.3, -0.25) is 4.68 Å². The monoisotopic (exact) mass is 197 g/mol. The summed E-state index contributed by atoms with van der Waals surface area (Å²) in [6, 6.07) is 2.38. The van der Waals surface area contributed by atoms with Crippen molar-refractivity contribution in [2.75, 3.05) is 6.61 Å². The quantitative estimate of drug-likeness (QED) is 0.735. The lowest BCUT2D eigenvalue weighted by molar-refractivity contribution is 0.228. The van der Waals surface area contributed by atoms with Gasteiger partial charge in [-0.2, -0.15) is 5.10 Å². The number of aliphatic hydroxyl groups excluding tert-OH is 1. The number of rotatable bonds is 5. The third-order valence-corrected chi connectivity index (χ3v) is 2.50. The average molecular weight is 197 g/mol. The smallest absolute Gasteiger partial charge is 0.0584 e. The minimum absolute atomic E-state index is 0.167. The molecule has 4 nitrogen and oxygen atoms in total. The van der Waals surface area contributed by atoms with Crippen LogP contribution in [-0.2, 0) is 7.05 Å². The Labute approximate surface area is 84.9 Å². The summed E-state index contributed by atoms with van der Waals surface area (Å²) in [7, 11) is 1.92. The summed E-state index contributed by atoms with van der Waals surface area (Å²) < 4.78 is 1.85. The maximum atomic E-state index is 9.06. The number of hydrogen-bond donors (Lipinski definition) is 2. The molecular weight excluding hydrogens is 178 g/mol. The molecule has 0 fully saturated rings. The highest BCUT2D eigenvalue weighted by Gasteiger charge is 2.12. The molecule has 0 bridgehead atoms. The Hall–Kier alpha value is -0.870. The molecule has 0 saturated carbocycles. The third-order valence-electron chi connectivity index (χ3n) is 2.50.